The lowest BCUT2D eigenvalue weighted by atomic mass is 9.97. The molecule has 116 valence electrons. The van der Waals surface area contributed by atoms with Gasteiger partial charge in [-0.05, 0) is 36.0 Å². The van der Waals surface area contributed by atoms with Crippen molar-refractivity contribution in [1.82, 2.24) is 5.32 Å². The second kappa shape index (κ2) is 8.82. The van der Waals surface area contributed by atoms with Crippen LogP contribution in [0.25, 0.3) is 0 Å². The van der Waals surface area contributed by atoms with E-state index in [0.29, 0.717) is 19.4 Å². The predicted octanol–water partition coefficient (Wildman–Crippen LogP) is 3.56. The molecule has 0 spiro atoms. The monoisotopic (exact) mass is 355 g/mol. The van der Waals surface area contributed by atoms with Crippen LogP contribution in [0.1, 0.15) is 44.6 Å². The minimum Gasteiger partial charge on any atom is -0.481 e. The van der Waals surface area contributed by atoms with Crippen molar-refractivity contribution in [3.8, 4) is 0 Å². The largest absolute Gasteiger partial charge is 0.481 e. The summed E-state index contributed by atoms with van der Waals surface area (Å²) in [5.74, 6) is -0.454. The molecule has 0 aliphatic rings. The fourth-order valence-electron chi connectivity index (χ4n) is 2.02. The number of hydrogen-bond acceptors (Lipinski definition) is 2. The van der Waals surface area contributed by atoms with Crippen molar-refractivity contribution in [1.29, 1.82) is 0 Å². The highest BCUT2D eigenvalue weighted by Crippen LogP contribution is 2.21. The number of carbonyl (C=O) groups is 2. The van der Waals surface area contributed by atoms with Gasteiger partial charge in [-0.2, -0.15) is 0 Å². The lowest BCUT2D eigenvalue weighted by Crippen LogP contribution is -2.29. The molecular weight excluding hydrogens is 334 g/mol. The molecule has 1 rings (SSSR count). The van der Waals surface area contributed by atoms with Gasteiger partial charge in [-0.3, -0.25) is 9.59 Å². The van der Waals surface area contributed by atoms with Gasteiger partial charge in [0.2, 0.25) is 5.91 Å². The van der Waals surface area contributed by atoms with E-state index in [0.717, 1.165) is 10.0 Å². The summed E-state index contributed by atoms with van der Waals surface area (Å²) >= 11 is 3.39. The molecule has 1 aromatic carbocycles. The van der Waals surface area contributed by atoms with E-state index in [2.05, 4.69) is 21.2 Å². The summed E-state index contributed by atoms with van der Waals surface area (Å²) < 4.78 is 1.02. The number of rotatable bonds is 8. The van der Waals surface area contributed by atoms with Crippen molar-refractivity contribution in [2.45, 2.75) is 39.0 Å². The minimum atomic E-state index is -0.794. The van der Waals surface area contributed by atoms with Crippen LogP contribution in [0, 0.1) is 5.92 Å². The number of nitrogens with one attached hydrogen (secondary N) is 1. The standard InChI is InChI=1S/C16H22BrNO3/c1-11(3-8-16(20)21)10-18-15(19)9-12(2)13-4-6-14(17)7-5-13/h4-7,11-12H,3,8-10H2,1-2H3,(H,18,19)(H,20,21). The van der Waals surface area contributed by atoms with Crippen LogP contribution in [-0.2, 0) is 9.59 Å². The first-order valence-electron chi connectivity index (χ1n) is 7.12. The first-order valence-corrected chi connectivity index (χ1v) is 7.91. The van der Waals surface area contributed by atoms with E-state index in [-0.39, 0.29) is 24.2 Å². The molecule has 0 fully saturated rings. The molecule has 1 aromatic rings. The molecule has 0 bridgehead atoms. The van der Waals surface area contributed by atoms with Gasteiger partial charge in [-0.25, -0.2) is 0 Å². The van der Waals surface area contributed by atoms with Gasteiger partial charge in [0.15, 0.2) is 0 Å². The van der Waals surface area contributed by atoms with Gasteiger partial charge in [-0.1, -0.05) is 41.9 Å². The molecule has 1 amide bonds. The third kappa shape index (κ3) is 7.27. The van der Waals surface area contributed by atoms with Crippen molar-refractivity contribution < 1.29 is 14.7 Å². The van der Waals surface area contributed by atoms with E-state index >= 15 is 0 Å². The Morgan fingerprint density at radius 1 is 1.24 bits per heavy atom. The Labute approximate surface area is 134 Å². The lowest BCUT2D eigenvalue weighted by Gasteiger charge is -2.14. The highest BCUT2D eigenvalue weighted by molar-refractivity contribution is 9.10. The summed E-state index contributed by atoms with van der Waals surface area (Å²) in [4.78, 5) is 22.4. The van der Waals surface area contributed by atoms with Crippen LogP contribution < -0.4 is 5.32 Å². The van der Waals surface area contributed by atoms with E-state index in [4.69, 9.17) is 5.11 Å². The number of carboxylic acid groups (broad SMARTS) is 1. The van der Waals surface area contributed by atoms with Crippen molar-refractivity contribution in [3.05, 3.63) is 34.3 Å². The van der Waals surface area contributed by atoms with Crippen LogP contribution in [0.15, 0.2) is 28.7 Å². The molecule has 0 aromatic heterocycles. The topological polar surface area (TPSA) is 66.4 Å². The van der Waals surface area contributed by atoms with Gasteiger partial charge in [0.25, 0.3) is 0 Å². The summed E-state index contributed by atoms with van der Waals surface area (Å²) in [6.07, 6.45) is 1.16. The summed E-state index contributed by atoms with van der Waals surface area (Å²) in [6.45, 7) is 4.50. The van der Waals surface area contributed by atoms with Crippen LogP contribution in [0.4, 0.5) is 0 Å². The van der Waals surface area contributed by atoms with Crippen molar-refractivity contribution >= 4 is 27.8 Å². The van der Waals surface area contributed by atoms with Gasteiger partial charge in [0.05, 0.1) is 0 Å². The van der Waals surface area contributed by atoms with Gasteiger partial charge >= 0.3 is 5.97 Å². The predicted molar refractivity (Wildman–Crippen MR) is 86.2 cm³/mol. The normalized spacial score (nSPS) is 13.5. The molecule has 0 aliphatic heterocycles. The fraction of sp³-hybridized carbons (Fsp3) is 0.500. The molecule has 2 atom stereocenters. The number of aliphatic carboxylic acids is 1. The molecule has 21 heavy (non-hydrogen) atoms. The smallest absolute Gasteiger partial charge is 0.303 e. The molecule has 2 unspecified atom stereocenters. The van der Waals surface area contributed by atoms with E-state index in [9.17, 15) is 9.59 Å². The van der Waals surface area contributed by atoms with Crippen molar-refractivity contribution in [2.75, 3.05) is 6.54 Å². The molecule has 4 nitrogen and oxygen atoms in total. The number of hydrogen-bond donors (Lipinski definition) is 2. The Balaban J connectivity index is 2.32. The Morgan fingerprint density at radius 3 is 2.43 bits per heavy atom. The highest BCUT2D eigenvalue weighted by Gasteiger charge is 2.12. The molecule has 0 heterocycles. The molecule has 0 radical (unpaired) electrons. The van der Waals surface area contributed by atoms with E-state index in [1.54, 1.807) is 0 Å². The van der Waals surface area contributed by atoms with Crippen molar-refractivity contribution in [2.24, 2.45) is 5.92 Å². The van der Waals surface area contributed by atoms with Crippen LogP contribution in [0.2, 0.25) is 0 Å². The lowest BCUT2D eigenvalue weighted by molar-refractivity contribution is -0.137. The number of benzene rings is 1. The number of carboxylic acids is 1. The average Bonchev–Trinajstić information content (AvgIpc) is 2.43. The van der Waals surface area contributed by atoms with E-state index < -0.39 is 5.97 Å². The highest BCUT2D eigenvalue weighted by atomic mass is 79.9. The van der Waals surface area contributed by atoms with Gasteiger partial charge < -0.3 is 10.4 Å². The number of carbonyl (C=O) groups excluding carboxylic acids is 1. The third-order valence-corrected chi connectivity index (χ3v) is 3.96. The quantitative estimate of drug-likeness (QED) is 0.749. The molecule has 2 N–H and O–H groups in total. The second-order valence-corrected chi connectivity index (χ2v) is 6.41. The van der Waals surface area contributed by atoms with E-state index in [1.807, 2.05) is 38.1 Å². The maximum Gasteiger partial charge on any atom is 0.303 e. The van der Waals surface area contributed by atoms with Gasteiger partial charge in [0.1, 0.15) is 0 Å². The molecular formula is C16H22BrNO3. The SMILES string of the molecule is CC(CCC(=O)O)CNC(=O)CC(C)c1ccc(Br)cc1. The summed E-state index contributed by atoms with van der Waals surface area (Å²) in [5, 5.41) is 11.5. The van der Waals surface area contributed by atoms with E-state index in [1.165, 1.54) is 0 Å². The number of halogens is 1. The molecule has 0 saturated carbocycles. The van der Waals surface area contributed by atoms with Crippen LogP contribution in [0.3, 0.4) is 0 Å². The Kier molecular flexibility index (Phi) is 7.43. The minimum absolute atomic E-state index is 0.00703. The van der Waals surface area contributed by atoms with Crippen LogP contribution in [-0.4, -0.2) is 23.5 Å². The van der Waals surface area contributed by atoms with Crippen LogP contribution >= 0.6 is 15.9 Å². The van der Waals surface area contributed by atoms with Crippen LogP contribution in [0.5, 0.6) is 0 Å². The fourth-order valence-corrected chi connectivity index (χ4v) is 2.28. The maximum absolute atomic E-state index is 11.9. The molecule has 0 aliphatic carbocycles. The average molecular weight is 356 g/mol. The summed E-state index contributed by atoms with van der Waals surface area (Å²) in [5.41, 5.74) is 1.13. The summed E-state index contributed by atoms with van der Waals surface area (Å²) in [7, 11) is 0. The second-order valence-electron chi connectivity index (χ2n) is 5.50. The van der Waals surface area contributed by atoms with Gasteiger partial charge in [0, 0.05) is 23.9 Å². The zero-order valence-electron chi connectivity index (χ0n) is 12.4. The van der Waals surface area contributed by atoms with Gasteiger partial charge in [-0.15, -0.1) is 0 Å². The maximum atomic E-state index is 11.9. The first-order chi connectivity index (χ1) is 9.88. The Hall–Kier alpha value is -1.36. The number of amides is 1. The molecule has 5 heteroatoms. The zero-order chi connectivity index (χ0) is 15.8. The summed E-state index contributed by atoms with van der Waals surface area (Å²) in [6, 6.07) is 7.96. The molecule has 0 saturated heterocycles. The van der Waals surface area contributed by atoms with Crippen molar-refractivity contribution in [3.63, 3.8) is 0 Å². The first kappa shape index (κ1) is 17.7. The Morgan fingerprint density at radius 2 is 1.86 bits per heavy atom. The zero-order valence-corrected chi connectivity index (χ0v) is 14.0. The third-order valence-electron chi connectivity index (χ3n) is 3.43. The Bertz CT molecular complexity index is 473.